The van der Waals surface area contributed by atoms with Crippen LogP contribution in [0.2, 0.25) is 0 Å². The number of carbonyl (C=O) groups excluding carboxylic acids is 1. The molecule has 1 aliphatic rings. The van der Waals surface area contributed by atoms with Gasteiger partial charge in [0.2, 0.25) is 0 Å². The van der Waals surface area contributed by atoms with Crippen LogP contribution < -0.4 is 16.0 Å². The minimum atomic E-state index is -0.316. The van der Waals surface area contributed by atoms with Gasteiger partial charge in [-0.05, 0) is 29.7 Å². The lowest BCUT2D eigenvalue weighted by atomic mass is 10.0. The standard InChI is InChI=1S/C30H25N5O/c1-19(2)27-29-24(22-12-7-9-15-26(22)35(29)18-20-10-4-3-5-11-20)16-21(32-27)17-31-34-28-23-13-6-8-14-25(23)33-30(28)36/h3-17,19H,18H2,1-2H3,(H,33,34,36)/b31-17+. The highest BCUT2D eigenvalue weighted by Gasteiger charge is 2.19. The van der Waals surface area contributed by atoms with Crippen LogP contribution in [0.25, 0.3) is 27.5 Å². The predicted molar refractivity (Wildman–Crippen MR) is 143 cm³/mol. The molecule has 6 rings (SSSR count). The summed E-state index contributed by atoms with van der Waals surface area (Å²) in [5.74, 6) is -0.104. The summed E-state index contributed by atoms with van der Waals surface area (Å²) in [6.45, 7) is 5.10. The van der Waals surface area contributed by atoms with Crippen LogP contribution in [0.15, 0.2) is 95.0 Å². The van der Waals surface area contributed by atoms with E-state index in [2.05, 4.69) is 88.5 Å². The SMILES string of the molecule is CC(C)c1nc(/C=N/NC2=c3ccccc3=NC2=O)cc2c3ccccc3n(Cc3ccccc3)c12. The van der Waals surface area contributed by atoms with Gasteiger partial charge in [-0.3, -0.25) is 10.2 Å². The van der Waals surface area contributed by atoms with Crippen molar-refractivity contribution in [1.82, 2.24) is 15.0 Å². The molecule has 0 bridgehead atoms. The topological polar surface area (TPSA) is 71.6 Å². The largest absolute Gasteiger partial charge is 0.334 e. The average Bonchev–Trinajstić information content (AvgIpc) is 3.38. The zero-order chi connectivity index (χ0) is 24.6. The van der Waals surface area contributed by atoms with E-state index in [9.17, 15) is 4.79 Å². The lowest BCUT2D eigenvalue weighted by molar-refractivity contribution is -0.113. The van der Waals surface area contributed by atoms with E-state index in [1.807, 2.05) is 30.3 Å². The van der Waals surface area contributed by atoms with E-state index in [0.717, 1.165) is 34.1 Å². The van der Waals surface area contributed by atoms with Crippen molar-refractivity contribution in [2.24, 2.45) is 10.1 Å². The Hall–Kier alpha value is -4.58. The highest BCUT2D eigenvalue weighted by molar-refractivity contribution is 6.14. The third kappa shape index (κ3) is 3.77. The van der Waals surface area contributed by atoms with E-state index in [4.69, 9.17) is 4.98 Å². The van der Waals surface area contributed by atoms with Crippen LogP contribution in [0.1, 0.15) is 36.7 Å². The molecule has 5 aromatic rings. The number of nitrogens with zero attached hydrogens (tertiary/aromatic N) is 4. The van der Waals surface area contributed by atoms with Crippen molar-refractivity contribution in [3.8, 4) is 0 Å². The van der Waals surface area contributed by atoms with Crippen molar-refractivity contribution in [1.29, 1.82) is 0 Å². The summed E-state index contributed by atoms with van der Waals surface area (Å²) in [5, 5.41) is 8.12. The summed E-state index contributed by atoms with van der Waals surface area (Å²) in [7, 11) is 0. The van der Waals surface area contributed by atoms with Gasteiger partial charge < -0.3 is 4.57 Å². The number of para-hydroxylation sites is 2. The Morgan fingerprint density at radius 2 is 1.69 bits per heavy atom. The number of benzene rings is 3. The first-order valence-corrected chi connectivity index (χ1v) is 12.1. The molecule has 6 nitrogen and oxygen atoms in total. The Morgan fingerprint density at radius 3 is 2.53 bits per heavy atom. The van der Waals surface area contributed by atoms with E-state index >= 15 is 0 Å². The lowest BCUT2D eigenvalue weighted by Gasteiger charge is -2.13. The van der Waals surface area contributed by atoms with Crippen molar-refractivity contribution in [2.45, 2.75) is 26.3 Å². The molecule has 2 aromatic heterocycles. The first-order chi connectivity index (χ1) is 17.6. The molecule has 0 saturated heterocycles. The van der Waals surface area contributed by atoms with Crippen LogP contribution in [-0.2, 0) is 11.3 Å². The number of amides is 1. The number of nitrogens with one attached hydrogen (secondary N) is 1. The Labute approximate surface area is 208 Å². The molecule has 6 heteroatoms. The van der Waals surface area contributed by atoms with Crippen LogP contribution in [0.3, 0.4) is 0 Å². The molecular formula is C30H25N5O. The fraction of sp³-hybridized carbons (Fsp3) is 0.133. The van der Waals surface area contributed by atoms with Crippen molar-refractivity contribution < 1.29 is 4.79 Å². The Morgan fingerprint density at radius 1 is 0.944 bits per heavy atom. The summed E-state index contributed by atoms with van der Waals surface area (Å²) in [4.78, 5) is 21.4. The van der Waals surface area contributed by atoms with Crippen LogP contribution >= 0.6 is 0 Å². The van der Waals surface area contributed by atoms with Gasteiger partial charge in [0.1, 0.15) is 5.70 Å². The number of hydrogen-bond donors (Lipinski definition) is 1. The average molecular weight is 472 g/mol. The van der Waals surface area contributed by atoms with Gasteiger partial charge in [-0.1, -0.05) is 80.6 Å². The van der Waals surface area contributed by atoms with Crippen molar-refractivity contribution >= 4 is 39.6 Å². The fourth-order valence-electron chi connectivity index (χ4n) is 4.86. The van der Waals surface area contributed by atoms with E-state index in [1.165, 1.54) is 16.5 Å². The first kappa shape index (κ1) is 21.9. The summed E-state index contributed by atoms with van der Waals surface area (Å²) >= 11 is 0. The van der Waals surface area contributed by atoms with Gasteiger partial charge in [0.05, 0.1) is 28.5 Å². The van der Waals surface area contributed by atoms with E-state index in [-0.39, 0.29) is 11.8 Å². The zero-order valence-electron chi connectivity index (χ0n) is 20.1. The Balaban J connectivity index is 1.46. The van der Waals surface area contributed by atoms with Gasteiger partial charge in [0.15, 0.2) is 0 Å². The second kappa shape index (κ2) is 8.89. The highest BCUT2D eigenvalue weighted by Crippen LogP contribution is 2.34. The number of fused-ring (bicyclic) bond motifs is 4. The predicted octanol–water partition coefficient (Wildman–Crippen LogP) is 4.25. The Bertz CT molecular complexity index is 1780. The van der Waals surface area contributed by atoms with Gasteiger partial charge in [-0.15, -0.1) is 0 Å². The summed E-state index contributed by atoms with van der Waals surface area (Å²) in [5.41, 5.74) is 8.61. The maximum Gasteiger partial charge on any atom is 0.296 e. The maximum atomic E-state index is 12.3. The molecule has 0 radical (unpaired) electrons. The minimum absolute atomic E-state index is 0.212. The van der Waals surface area contributed by atoms with E-state index < -0.39 is 0 Å². The van der Waals surface area contributed by atoms with Crippen LogP contribution in [0.5, 0.6) is 0 Å². The molecule has 0 atom stereocenters. The molecule has 0 fully saturated rings. The molecule has 3 aromatic carbocycles. The number of hydrogen-bond acceptors (Lipinski definition) is 4. The summed E-state index contributed by atoms with van der Waals surface area (Å²) in [6.07, 6.45) is 1.68. The maximum absolute atomic E-state index is 12.3. The molecular weight excluding hydrogens is 446 g/mol. The molecule has 1 amide bonds. The van der Waals surface area contributed by atoms with Gasteiger partial charge in [-0.2, -0.15) is 5.10 Å². The van der Waals surface area contributed by atoms with Gasteiger partial charge in [-0.25, -0.2) is 9.98 Å². The van der Waals surface area contributed by atoms with Crippen molar-refractivity contribution in [3.05, 3.63) is 112 Å². The molecule has 0 spiro atoms. The number of carbonyl (C=O) groups is 1. The second-order valence-electron chi connectivity index (χ2n) is 9.25. The van der Waals surface area contributed by atoms with Crippen LogP contribution in [0, 0.1) is 0 Å². The number of rotatable bonds is 6. The molecule has 0 unspecified atom stereocenters. The van der Waals surface area contributed by atoms with Gasteiger partial charge >= 0.3 is 0 Å². The number of aromatic nitrogens is 2. The van der Waals surface area contributed by atoms with E-state index in [1.54, 1.807) is 6.21 Å². The molecule has 176 valence electrons. The van der Waals surface area contributed by atoms with Crippen LogP contribution in [-0.4, -0.2) is 21.7 Å². The summed E-state index contributed by atoms with van der Waals surface area (Å²) in [6, 6.07) is 28.5. The third-order valence-electron chi connectivity index (χ3n) is 6.51. The molecule has 1 aliphatic heterocycles. The fourth-order valence-corrected chi connectivity index (χ4v) is 4.86. The van der Waals surface area contributed by atoms with Gasteiger partial charge in [0.25, 0.3) is 5.91 Å². The smallest absolute Gasteiger partial charge is 0.296 e. The molecule has 36 heavy (non-hydrogen) atoms. The quantitative estimate of drug-likeness (QED) is 0.297. The first-order valence-electron chi connectivity index (χ1n) is 12.1. The molecule has 0 aliphatic carbocycles. The lowest BCUT2D eigenvalue weighted by Crippen LogP contribution is -2.26. The van der Waals surface area contributed by atoms with Gasteiger partial charge in [0, 0.05) is 28.1 Å². The normalized spacial score (nSPS) is 13.2. The third-order valence-corrected chi connectivity index (χ3v) is 6.51. The van der Waals surface area contributed by atoms with Crippen molar-refractivity contribution in [2.75, 3.05) is 0 Å². The highest BCUT2D eigenvalue weighted by atomic mass is 16.1. The number of hydrazone groups is 1. The van der Waals surface area contributed by atoms with Crippen LogP contribution in [0.4, 0.5) is 0 Å². The van der Waals surface area contributed by atoms with Crippen molar-refractivity contribution in [3.63, 3.8) is 0 Å². The molecule has 0 saturated carbocycles. The second-order valence-corrected chi connectivity index (χ2v) is 9.25. The zero-order valence-corrected chi connectivity index (χ0v) is 20.1. The van der Waals surface area contributed by atoms with E-state index in [0.29, 0.717) is 11.1 Å². The minimum Gasteiger partial charge on any atom is -0.334 e. The Kier molecular flexibility index (Phi) is 5.41. The molecule has 3 heterocycles. The summed E-state index contributed by atoms with van der Waals surface area (Å²) < 4.78 is 2.37. The molecule has 1 N–H and O–H groups in total. The monoisotopic (exact) mass is 471 g/mol. The number of pyridine rings is 1.